The van der Waals surface area contributed by atoms with E-state index >= 15 is 0 Å². The van der Waals surface area contributed by atoms with Crippen molar-refractivity contribution in [3.63, 3.8) is 0 Å². The number of carbonyl (C=O) groups is 1. The zero-order valence-corrected chi connectivity index (χ0v) is 13.4. The minimum atomic E-state index is -0.389. The van der Waals surface area contributed by atoms with Crippen molar-refractivity contribution in [2.45, 2.75) is 13.3 Å². The molecule has 0 fully saturated rings. The quantitative estimate of drug-likeness (QED) is 0.735. The Morgan fingerprint density at radius 3 is 2.79 bits per heavy atom. The SMILES string of the molecule is Cc1ccc(-c2noc(CCNC(=O)Nc3ncn(C)n3)n2)cc1. The molecule has 3 rings (SSSR count). The van der Waals surface area contributed by atoms with Gasteiger partial charge < -0.3 is 9.84 Å². The molecule has 2 aromatic heterocycles. The molecule has 0 bridgehead atoms. The van der Waals surface area contributed by atoms with Gasteiger partial charge >= 0.3 is 6.03 Å². The molecule has 9 heteroatoms. The molecule has 2 N–H and O–H groups in total. The van der Waals surface area contributed by atoms with Gasteiger partial charge in [0.2, 0.25) is 17.7 Å². The van der Waals surface area contributed by atoms with Gasteiger partial charge in [0.1, 0.15) is 6.33 Å². The molecular formula is C15H17N7O2. The van der Waals surface area contributed by atoms with E-state index in [1.807, 2.05) is 31.2 Å². The Kier molecular flexibility index (Phi) is 4.50. The van der Waals surface area contributed by atoms with Crippen molar-refractivity contribution in [3.05, 3.63) is 42.0 Å². The highest BCUT2D eigenvalue weighted by Gasteiger charge is 2.09. The van der Waals surface area contributed by atoms with E-state index in [1.165, 1.54) is 16.6 Å². The van der Waals surface area contributed by atoms with Crippen molar-refractivity contribution in [1.29, 1.82) is 0 Å². The third-order valence-electron chi connectivity index (χ3n) is 3.23. The van der Waals surface area contributed by atoms with Gasteiger partial charge in [0.05, 0.1) is 0 Å². The number of hydrogen-bond acceptors (Lipinski definition) is 6. The number of nitrogens with zero attached hydrogens (tertiary/aromatic N) is 5. The summed E-state index contributed by atoms with van der Waals surface area (Å²) in [7, 11) is 1.72. The van der Waals surface area contributed by atoms with Gasteiger partial charge in [-0.1, -0.05) is 35.0 Å². The van der Waals surface area contributed by atoms with E-state index in [1.54, 1.807) is 7.05 Å². The van der Waals surface area contributed by atoms with Gasteiger partial charge in [0.25, 0.3) is 0 Å². The molecule has 0 aliphatic carbocycles. The lowest BCUT2D eigenvalue weighted by Gasteiger charge is -2.02. The van der Waals surface area contributed by atoms with Crippen molar-refractivity contribution < 1.29 is 9.32 Å². The highest BCUT2D eigenvalue weighted by molar-refractivity contribution is 5.87. The lowest BCUT2D eigenvalue weighted by Crippen LogP contribution is -2.30. The summed E-state index contributed by atoms with van der Waals surface area (Å²) in [5.41, 5.74) is 2.06. The maximum Gasteiger partial charge on any atom is 0.321 e. The Bertz CT molecular complexity index is 822. The normalized spacial score (nSPS) is 10.6. The molecule has 24 heavy (non-hydrogen) atoms. The number of benzene rings is 1. The minimum Gasteiger partial charge on any atom is -0.339 e. The molecule has 0 aliphatic rings. The molecule has 1 aromatic carbocycles. The van der Waals surface area contributed by atoms with Gasteiger partial charge in [-0.25, -0.2) is 9.78 Å². The van der Waals surface area contributed by atoms with E-state index in [0.717, 1.165) is 5.56 Å². The summed E-state index contributed by atoms with van der Waals surface area (Å²) >= 11 is 0. The van der Waals surface area contributed by atoms with E-state index in [-0.39, 0.29) is 12.0 Å². The molecule has 0 saturated carbocycles. The number of carbonyl (C=O) groups excluding carboxylic acids is 1. The van der Waals surface area contributed by atoms with E-state index in [4.69, 9.17) is 4.52 Å². The second kappa shape index (κ2) is 6.90. The smallest absolute Gasteiger partial charge is 0.321 e. The number of amides is 2. The van der Waals surface area contributed by atoms with Crippen molar-refractivity contribution in [2.75, 3.05) is 11.9 Å². The number of anilines is 1. The number of aryl methyl sites for hydroxylation is 2. The number of hydrogen-bond donors (Lipinski definition) is 2. The number of rotatable bonds is 5. The van der Waals surface area contributed by atoms with Gasteiger partial charge in [-0.2, -0.15) is 4.98 Å². The van der Waals surface area contributed by atoms with E-state index in [2.05, 4.69) is 30.9 Å². The number of aromatic nitrogens is 5. The average molecular weight is 327 g/mol. The van der Waals surface area contributed by atoms with Gasteiger partial charge in [0.15, 0.2) is 0 Å². The van der Waals surface area contributed by atoms with Crippen LogP contribution in [-0.2, 0) is 13.5 Å². The van der Waals surface area contributed by atoms with E-state index < -0.39 is 0 Å². The lowest BCUT2D eigenvalue weighted by molar-refractivity contribution is 0.251. The van der Waals surface area contributed by atoms with Crippen LogP contribution in [0.5, 0.6) is 0 Å². The van der Waals surface area contributed by atoms with Crippen molar-refractivity contribution in [3.8, 4) is 11.4 Å². The van der Waals surface area contributed by atoms with Crippen molar-refractivity contribution >= 4 is 12.0 Å². The molecule has 0 aliphatic heterocycles. The van der Waals surface area contributed by atoms with Crippen LogP contribution in [0.25, 0.3) is 11.4 Å². The second-order valence-corrected chi connectivity index (χ2v) is 5.25. The molecule has 9 nitrogen and oxygen atoms in total. The van der Waals surface area contributed by atoms with Gasteiger partial charge in [-0.15, -0.1) is 5.10 Å². The second-order valence-electron chi connectivity index (χ2n) is 5.25. The highest BCUT2D eigenvalue weighted by Crippen LogP contribution is 2.16. The van der Waals surface area contributed by atoms with E-state index in [9.17, 15) is 4.79 Å². The van der Waals surface area contributed by atoms with Gasteiger partial charge in [-0.3, -0.25) is 10.00 Å². The van der Waals surface area contributed by atoms with Crippen LogP contribution in [0.1, 0.15) is 11.5 Å². The molecule has 0 spiro atoms. The standard InChI is InChI=1S/C15H17N7O2/c1-10-3-5-11(6-4-10)13-18-12(24-21-13)7-8-16-15(23)19-14-17-9-22(2)20-14/h3-6,9H,7-8H2,1-2H3,(H2,16,19,20,23). The lowest BCUT2D eigenvalue weighted by atomic mass is 10.1. The Morgan fingerprint density at radius 2 is 2.08 bits per heavy atom. The Labute approximate surface area is 138 Å². The molecule has 0 atom stereocenters. The summed E-state index contributed by atoms with van der Waals surface area (Å²) < 4.78 is 6.69. The van der Waals surface area contributed by atoms with E-state index in [0.29, 0.717) is 24.7 Å². The largest absolute Gasteiger partial charge is 0.339 e. The fourth-order valence-electron chi connectivity index (χ4n) is 2.00. The molecular weight excluding hydrogens is 310 g/mol. The van der Waals surface area contributed by atoms with Crippen molar-refractivity contribution in [2.24, 2.45) is 7.05 Å². The van der Waals surface area contributed by atoms with Crippen LogP contribution in [0, 0.1) is 6.92 Å². The average Bonchev–Trinajstić information content (AvgIpc) is 3.17. The Morgan fingerprint density at radius 1 is 1.29 bits per heavy atom. The monoisotopic (exact) mass is 327 g/mol. The first-order chi connectivity index (χ1) is 11.6. The molecule has 0 saturated heterocycles. The molecule has 2 amide bonds. The van der Waals surface area contributed by atoms with Crippen LogP contribution < -0.4 is 10.6 Å². The number of nitrogens with one attached hydrogen (secondary N) is 2. The zero-order chi connectivity index (χ0) is 16.9. The molecule has 0 unspecified atom stereocenters. The summed E-state index contributed by atoms with van der Waals surface area (Å²) in [4.78, 5) is 19.9. The summed E-state index contributed by atoms with van der Waals surface area (Å²) in [5.74, 6) is 1.24. The fraction of sp³-hybridized carbons (Fsp3) is 0.267. The van der Waals surface area contributed by atoms with Crippen LogP contribution in [0.15, 0.2) is 35.1 Å². The zero-order valence-electron chi connectivity index (χ0n) is 13.4. The molecule has 0 radical (unpaired) electrons. The van der Waals surface area contributed by atoms with Crippen LogP contribution >= 0.6 is 0 Å². The van der Waals surface area contributed by atoms with Gasteiger partial charge in [0, 0.05) is 25.6 Å². The van der Waals surface area contributed by atoms with Crippen LogP contribution in [0.4, 0.5) is 10.7 Å². The van der Waals surface area contributed by atoms with Gasteiger partial charge in [-0.05, 0) is 6.92 Å². The van der Waals surface area contributed by atoms with Crippen LogP contribution in [-0.4, -0.2) is 37.5 Å². The molecule has 124 valence electrons. The summed E-state index contributed by atoms with van der Waals surface area (Å²) in [6, 6.07) is 7.47. The van der Waals surface area contributed by atoms with Crippen LogP contribution in [0.2, 0.25) is 0 Å². The maximum absolute atomic E-state index is 11.7. The number of urea groups is 1. The predicted octanol–water partition coefficient (Wildman–Crippen LogP) is 1.54. The predicted molar refractivity (Wildman–Crippen MR) is 86.2 cm³/mol. The first kappa shape index (κ1) is 15.7. The third-order valence-corrected chi connectivity index (χ3v) is 3.23. The Hall–Kier alpha value is -3.23. The fourth-order valence-corrected chi connectivity index (χ4v) is 2.00. The minimum absolute atomic E-state index is 0.245. The first-order valence-corrected chi connectivity index (χ1v) is 7.40. The Balaban J connectivity index is 1.48. The first-order valence-electron chi connectivity index (χ1n) is 7.40. The summed E-state index contributed by atoms with van der Waals surface area (Å²) in [5, 5.41) is 13.1. The van der Waals surface area contributed by atoms with Crippen molar-refractivity contribution in [1.82, 2.24) is 30.2 Å². The van der Waals surface area contributed by atoms with Crippen LogP contribution in [0.3, 0.4) is 0 Å². The summed E-state index contributed by atoms with van der Waals surface area (Å²) in [6.45, 7) is 2.37. The third kappa shape index (κ3) is 3.94. The molecule has 2 heterocycles. The highest BCUT2D eigenvalue weighted by atomic mass is 16.5. The maximum atomic E-state index is 11.7. The summed E-state index contributed by atoms with van der Waals surface area (Å²) in [6.07, 6.45) is 1.93. The molecule has 3 aromatic rings. The topological polar surface area (TPSA) is 111 Å².